The normalized spacial score (nSPS) is 12.0. The van der Waals surface area contributed by atoms with Crippen LogP contribution in [0, 0.1) is 11.3 Å². The number of amides is 1. The number of carbonyl (C=O) groups is 1. The van der Waals surface area contributed by atoms with E-state index in [4.69, 9.17) is 21.1 Å². The fourth-order valence-electron chi connectivity index (χ4n) is 2.22. The third kappa shape index (κ3) is 5.77. The number of hydrogen-bond acceptors (Lipinski definition) is 4. The SMILES string of the molecule is CC[C@@H](C)Oc1ccc(/C=C(/C#N)C(=O)Nc2cccc(OC)c2)cc1Cl. The van der Waals surface area contributed by atoms with Gasteiger partial charge in [0.25, 0.3) is 5.91 Å². The molecule has 0 fully saturated rings. The van der Waals surface area contributed by atoms with Gasteiger partial charge in [0.05, 0.1) is 18.2 Å². The Morgan fingerprint density at radius 3 is 2.74 bits per heavy atom. The molecule has 1 atom stereocenters. The molecule has 0 radical (unpaired) electrons. The molecule has 2 aromatic carbocycles. The van der Waals surface area contributed by atoms with Crippen molar-refractivity contribution in [3.05, 3.63) is 58.6 Å². The summed E-state index contributed by atoms with van der Waals surface area (Å²) in [4.78, 5) is 12.4. The molecule has 2 rings (SSSR count). The number of anilines is 1. The molecule has 0 heterocycles. The minimum absolute atomic E-state index is 0.0375. The average molecular weight is 385 g/mol. The lowest BCUT2D eigenvalue weighted by atomic mass is 10.1. The number of benzene rings is 2. The molecular formula is C21H21ClN2O3. The fourth-order valence-corrected chi connectivity index (χ4v) is 2.45. The number of rotatable bonds is 7. The molecule has 0 saturated heterocycles. The van der Waals surface area contributed by atoms with Gasteiger partial charge in [0.1, 0.15) is 23.1 Å². The first-order valence-electron chi connectivity index (χ1n) is 8.50. The van der Waals surface area contributed by atoms with Crippen molar-refractivity contribution in [1.29, 1.82) is 5.26 Å². The van der Waals surface area contributed by atoms with Gasteiger partial charge >= 0.3 is 0 Å². The number of methoxy groups -OCH3 is 1. The molecule has 27 heavy (non-hydrogen) atoms. The van der Waals surface area contributed by atoms with E-state index in [1.54, 1.807) is 49.6 Å². The molecular weight excluding hydrogens is 364 g/mol. The highest BCUT2D eigenvalue weighted by Crippen LogP contribution is 2.28. The van der Waals surface area contributed by atoms with Crippen molar-refractivity contribution >= 4 is 29.3 Å². The Morgan fingerprint density at radius 2 is 2.11 bits per heavy atom. The van der Waals surface area contributed by atoms with Crippen LogP contribution in [0.1, 0.15) is 25.8 Å². The van der Waals surface area contributed by atoms with Crippen LogP contribution in [-0.4, -0.2) is 19.1 Å². The Balaban J connectivity index is 2.18. The van der Waals surface area contributed by atoms with Gasteiger partial charge in [0.15, 0.2) is 0 Å². The average Bonchev–Trinajstić information content (AvgIpc) is 2.67. The first-order chi connectivity index (χ1) is 13.0. The number of hydrogen-bond donors (Lipinski definition) is 1. The zero-order valence-electron chi connectivity index (χ0n) is 15.5. The summed E-state index contributed by atoms with van der Waals surface area (Å²) in [5.74, 6) is 0.670. The summed E-state index contributed by atoms with van der Waals surface area (Å²) in [6.07, 6.45) is 2.39. The Labute approximate surface area is 164 Å². The van der Waals surface area contributed by atoms with Crippen LogP contribution in [0.25, 0.3) is 6.08 Å². The number of nitrogens with one attached hydrogen (secondary N) is 1. The Hall–Kier alpha value is -2.97. The van der Waals surface area contributed by atoms with Crippen molar-refractivity contribution in [3.8, 4) is 17.6 Å². The number of ether oxygens (including phenoxy) is 2. The quantitative estimate of drug-likeness (QED) is 0.534. The molecule has 0 aliphatic carbocycles. The highest BCUT2D eigenvalue weighted by Gasteiger charge is 2.11. The van der Waals surface area contributed by atoms with Gasteiger partial charge in [-0.05, 0) is 49.2 Å². The van der Waals surface area contributed by atoms with E-state index < -0.39 is 5.91 Å². The molecule has 1 amide bonds. The first kappa shape index (κ1) is 20.3. The zero-order valence-corrected chi connectivity index (χ0v) is 16.2. The number of carbonyl (C=O) groups excluding carboxylic acids is 1. The number of nitriles is 1. The number of nitrogens with zero attached hydrogens (tertiary/aromatic N) is 1. The standard InChI is InChI=1S/C21H21ClN2O3/c1-4-14(2)27-20-9-8-15(11-19(20)22)10-16(13-23)21(25)24-17-6-5-7-18(12-17)26-3/h5-12,14H,4H2,1-3H3,(H,24,25)/b16-10-/t14-/m1/s1. The zero-order chi connectivity index (χ0) is 19.8. The molecule has 1 N–H and O–H groups in total. The van der Waals surface area contributed by atoms with E-state index >= 15 is 0 Å². The minimum Gasteiger partial charge on any atom is -0.497 e. The molecule has 2 aromatic rings. The summed E-state index contributed by atoms with van der Waals surface area (Å²) < 4.78 is 10.8. The van der Waals surface area contributed by atoms with Crippen LogP contribution in [0.5, 0.6) is 11.5 Å². The highest BCUT2D eigenvalue weighted by molar-refractivity contribution is 6.32. The topological polar surface area (TPSA) is 71.3 Å². The summed E-state index contributed by atoms with van der Waals surface area (Å²) >= 11 is 6.25. The summed E-state index contributed by atoms with van der Waals surface area (Å²) in [6.45, 7) is 3.98. The molecule has 0 unspecified atom stereocenters. The van der Waals surface area contributed by atoms with Crippen LogP contribution >= 0.6 is 11.6 Å². The van der Waals surface area contributed by atoms with E-state index in [1.165, 1.54) is 6.08 Å². The summed E-state index contributed by atoms with van der Waals surface area (Å²) in [6, 6.07) is 14.0. The predicted octanol–water partition coefficient (Wildman–Crippen LogP) is 5.07. The highest BCUT2D eigenvalue weighted by atomic mass is 35.5. The first-order valence-corrected chi connectivity index (χ1v) is 8.88. The van der Waals surface area contributed by atoms with Gasteiger partial charge in [0, 0.05) is 11.8 Å². The number of halogens is 1. The van der Waals surface area contributed by atoms with E-state index in [-0.39, 0.29) is 11.7 Å². The van der Waals surface area contributed by atoms with Gasteiger partial charge in [-0.1, -0.05) is 30.7 Å². The third-order valence-electron chi connectivity index (χ3n) is 3.86. The molecule has 0 aliphatic heterocycles. The monoisotopic (exact) mass is 384 g/mol. The van der Waals surface area contributed by atoms with E-state index in [0.29, 0.717) is 27.8 Å². The second kappa shape index (κ2) is 9.65. The van der Waals surface area contributed by atoms with E-state index in [1.807, 2.05) is 19.9 Å². The second-order valence-corrected chi connectivity index (χ2v) is 6.29. The molecule has 0 aromatic heterocycles. The van der Waals surface area contributed by atoms with Crippen molar-refractivity contribution < 1.29 is 14.3 Å². The lowest BCUT2D eigenvalue weighted by Gasteiger charge is -2.14. The van der Waals surface area contributed by atoms with Crippen molar-refractivity contribution in [3.63, 3.8) is 0 Å². The van der Waals surface area contributed by atoms with Crippen LogP contribution in [0.4, 0.5) is 5.69 Å². The maximum Gasteiger partial charge on any atom is 0.266 e. The molecule has 0 aliphatic rings. The van der Waals surface area contributed by atoms with Gasteiger partial charge in [-0.2, -0.15) is 5.26 Å². The Kier molecular flexibility index (Phi) is 7.27. The summed E-state index contributed by atoms with van der Waals surface area (Å²) in [7, 11) is 1.54. The smallest absolute Gasteiger partial charge is 0.266 e. The van der Waals surface area contributed by atoms with Gasteiger partial charge in [-0.15, -0.1) is 0 Å². The van der Waals surface area contributed by atoms with E-state index in [0.717, 1.165) is 6.42 Å². The second-order valence-electron chi connectivity index (χ2n) is 5.88. The molecule has 140 valence electrons. The van der Waals surface area contributed by atoms with E-state index in [9.17, 15) is 10.1 Å². The summed E-state index contributed by atoms with van der Waals surface area (Å²) in [5, 5.41) is 12.5. The third-order valence-corrected chi connectivity index (χ3v) is 4.16. The molecule has 0 spiro atoms. The Bertz CT molecular complexity index is 887. The van der Waals surface area contributed by atoms with Crippen LogP contribution in [0.15, 0.2) is 48.0 Å². The van der Waals surface area contributed by atoms with Crippen molar-refractivity contribution in [1.82, 2.24) is 0 Å². The fraction of sp³-hybridized carbons (Fsp3) is 0.238. The lowest BCUT2D eigenvalue weighted by Crippen LogP contribution is -2.13. The van der Waals surface area contributed by atoms with Crippen LogP contribution in [0.3, 0.4) is 0 Å². The molecule has 6 heteroatoms. The predicted molar refractivity (Wildman–Crippen MR) is 107 cm³/mol. The minimum atomic E-state index is -0.512. The molecule has 0 bridgehead atoms. The van der Waals surface area contributed by atoms with Crippen LogP contribution < -0.4 is 14.8 Å². The van der Waals surface area contributed by atoms with Gasteiger partial charge in [-0.25, -0.2) is 0 Å². The largest absolute Gasteiger partial charge is 0.497 e. The van der Waals surface area contributed by atoms with Gasteiger partial charge in [-0.3, -0.25) is 4.79 Å². The van der Waals surface area contributed by atoms with Gasteiger partial charge < -0.3 is 14.8 Å². The van der Waals surface area contributed by atoms with Crippen molar-refractivity contribution in [2.75, 3.05) is 12.4 Å². The maximum absolute atomic E-state index is 12.4. The lowest BCUT2D eigenvalue weighted by molar-refractivity contribution is -0.112. The van der Waals surface area contributed by atoms with Crippen molar-refractivity contribution in [2.45, 2.75) is 26.4 Å². The van der Waals surface area contributed by atoms with Crippen LogP contribution in [-0.2, 0) is 4.79 Å². The van der Waals surface area contributed by atoms with E-state index in [2.05, 4.69) is 5.32 Å². The summed E-state index contributed by atoms with van der Waals surface area (Å²) in [5.41, 5.74) is 1.13. The Morgan fingerprint density at radius 1 is 1.33 bits per heavy atom. The van der Waals surface area contributed by atoms with Gasteiger partial charge in [0.2, 0.25) is 0 Å². The van der Waals surface area contributed by atoms with Crippen LogP contribution in [0.2, 0.25) is 5.02 Å². The molecule has 5 nitrogen and oxygen atoms in total. The maximum atomic E-state index is 12.4. The van der Waals surface area contributed by atoms with Crippen molar-refractivity contribution in [2.24, 2.45) is 0 Å². The molecule has 0 saturated carbocycles.